The summed E-state index contributed by atoms with van der Waals surface area (Å²) in [6.45, 7) is 5.60. The molecule has 1 aromatic carbocycles. The van der Waals surface area contributed by atoms with Crippen LogP contribution in [0.1, 0.15) is 16.9 Å². The average molecular weight is 323 g/mol. The molecule has 0 bridgehead atoms. The molecule has 122 valence electrons. The highest BCUT2D eigenvalue weighted by Gasteiger charge is 2.24. The normalized spacial score (nSPS) is 11.5. The highest BCUT2D eigenvalue weighted by molar-refractivity contribution is 5.79. The zero-order valence-electron chi connectivity index (χ0n) is 13.6. The standard InChI is InChI=1S/C18H17N3O3/c1-9-6-15(24-11(9)3)16-10(2)17(22)18(23)21(16)12-4-5-13-14(7-12)20-8-19-13/h4-8,22-23H,1-3H3,(H,19,20). The second-order valence-electron chi connectivity index (χ2n) is 5.94. The minimum atomic E-state index is -0.215. The first-order chi connectivity index (χ1) is 11.5. The summed E-state index contributed by atoms with van der Waals surface area (Å²) in [4.78, 5) is 7.25. The number of hydrogen-bond acceptors (Lipinski definition) is 4. The SMILES string of the molecule is Cc1cc(-c2c(C)c(O)c(O)n2-c2ccc3nc[nH]c3c2)oc1C. The number of aryl methyl sites for hydroxylation is 2. The number of aromatic nitrogens is 3. The Balaban J connectivity index is 2.02. The Hall–Kier alpha value is -3.15. The maximum Gasteiger partial charge on any atom is 0.240 e. The van der Waals surface area contributed by atoms with Crippen molar-refractivity contribution < 1.29 is 14.6 Å². The van der Waals surface area contributed by atoms with Crippen molar-refractivity contribution in [2.75, 3.05) is 0 Å². The number of nitrogens with zero attached hydrogens (tertiary/aromatic N) is 2. The molecule has 3 aromatic heterocycles. The van der Waals surface area contributed by atoms with E-state index in [4.69, 9.17) is 4.42 Å². The van der Waals surface area contributed by atoms with Crippen LogP contribution in [0.4, 0.5) is 0 Å². The number of imidazole rings is 1. The van der Waals surface area contributed by atoms with Gasteiger partial charge >= 0.3 is 0 Å². The monoisotopic (exact) mass is 323 g/mol. The van der Waals surface area contributed by atoms with Gasteiger partial charge in [0.2, 0.25) is 5.88 Å². The van der Waals surface area contributed by atoms with Gasteiger partial charge in [0.1, 0.15) is 5.76 Å². The molecule has 0 saturated carbocycles. The van der Waals surface area contributed by atoms with Gasteiger partial charge in [0.15, 0.2) is 11.5 Å². The number of H-pyrrole nitrogens is 1. The Morgan fingerprint density at radius 3 is 2.62 bits per heavy atom. The van der Waals surface area contributed by atoms with Gasteiger partial charge in [-0.3, -0.25) is 4.57 Å². The van der Waals surface area contributed by atoms with E-state index in [0.717, 1.165) is 22.4 Å². The second kappa shape index (κ2) is 4.92. The van der Waals surface area contributed by atoms with Gasteiger partial charge in [-0.15, -0.1) is 0 Å². The predicted molar refractivity (Wildman–Crippen MR) is 90.7 cm³/mol. The fourth-order valence-electron chi connectivity index (χ4n) is 2.96. The smallest absolute Gasteiger partial charge is 0.240 e. The Bertz CT molecular complexity index is 1050. The lowest BCUT2D eigenvalue weighted by Crippen LogP contribution is -1.96. The minimum absolute atomic E-state index is 0.151. The summed E-state index contributed by atoms with van der Waals surface area (Å²) in [7, 11) is 0. The van der Waals surface area contributed by atoms with Crippen LogP contribution in [0.25, 0.3) is 28.2 Å². The Kier molecular flexibility index (Phi) is 2.96. The van der Waals surface area contributed by atoms with Crippen LogP contribution >= 0.6 is 0 Å². The van der Waals surface area contributed by atoms with Crippen LogP contribution in [0.2, 0.25) is 0 Å². The van der Waals surface area contributed by atoms with Gasteiger partial charge in [0, 0.05) is 5.56 Å². The molecule has 0 aliphatic carbocycles. The van der Waals surface area contributed by atoms with Crippen LogP contribution in [-0.2, 0) is 0 Å². The van der Waals surface area contributed by atoms with Gasteiger partial charge in [-0.25, -0.2) is 4.98 Å². The first-order valence-corrected chi connectivity index (χ1v) is 7.61. The molecule has 3 heterocycles. The number of aromatic amines is 1. The molecular formula is C18H17N3O3. The van der Waals surface area contributed by atoms with Crippen LogP contribution in [0.3, 0.4) is 0 Å². The first kappa shape index (κ1) is 14.4. The molecule has 0 spiro atoms. The summed E-state index contributed by atoms with van der Waals surface area (Å²) in [6, 6.07) is 7.47. The van der Waals surface area contributed by atoms with Crippen LogP contribution in [0, 0.1) is 20.8 Å². The van der Waals surface area contributed by atoms with Crippen molar-refractivity contribution in [2.45, 2.75) is 20.8 Å². The van der Waals surface area contributed by atoms with Crippen LogP contribution in [-0.4, -0.2) is 24.7 Å². The molecule has 0 saturated heterocycles. The van der Waals surface area contributed by atoms with Crippen LogP contribution in [0.5, 0.6) is 11.6 Å². The zero-order chi connectivity index (χ0) is 17.0. The molecule has 6 nitrogen and oxygen atoms in total. The van der Waals surface area contributed by atoms with Crippen LogP contribution < -0.4 is 0 Å². The van der Waals surface area contributed by atoms with Crippen molar-refractivity contribution in [3.63, 3.8) is 0 Å². The molecule has 0 unspecified atom stereocenters. The molecular weight excluding hydrogens is 306 g/mol. The Morgan fingerprint density at radius 2 is 1.92 bits per heavy atom. The molecule has 0 aliphatic heterocycles. The molecule has 0 amide bonds. The summed E-state index contributed by atoms with van der Waals surface area (Å²) in [5, 5.41) is 20.7. The summed E-state index contributed by atoms with van der Waals surface area (Å²) in [5.41, 5.74) is 4.58. The predicted octanol–water partition coefficient (Wildman–Crippen LogP) is 3.95. The van der Waals surface area contributed by atoms with Crippen LogP contribution in [0.15, 0.2) is 35.0 Å². The van der Waals surface area contributed by atoms with Gasteiger partial charge < -0.3 is 19.6 Å². The van der Waals surface area contributed by atoms with Crippen molar-refractivity contribution in [3.05, 3.63) is 47.5 Å². The number of hydrogen-bond donors (Lipinski definition) is 3. The van der Waals surface area contributed by atoms with Crippen molar-refractivity contribution in [1.82, 2.24) is 14.5 Å². The van der Waals surface area contributed by atoms with E-state index in [9.17, 15) is 10.2 Å². The zero-order valence-corrected chi connectivity index (χ0v) is 13.6. The third kappa shape index (κ3) is 1.93. The maximum atomic E-state index is 10.5. The van der Waals surface area contributed by atoms with E-state index >= 15 is 0 Å². The van der Waals surface area contributed by atoms with Gasteiger partial charge in [-0.1, -0.05) is 0 Å². The molecule has 4 aromatic rings. The number of benzene rings is 1. The highest BCUT2D eigenvalue weighted by atomic mass is 16.3. The van der Waals surface area contributed by atoms with E-state index in [1.54, 1.807) is 17.8 Å². The van der Waals surface area contributed by atoms with E-state index in [1.807, 2.05) is 38.1 Å². The summed E-state index contributed by atoms with van der Waals surface area (Å²) in [6.07, 6.45) is 1.62. The molecule has 0 aliphatic rings. The van der Waals surface area contributed by atoms with E-state index in [0.29, 0.717) is 22.7 Å². The summed E-state index contributed by atoms with van der Waals surface area (Å²) < 4.78 is 7.41. The fraction of sp³-hybridized carbons (Fsp3) is 0.167. The first-order valence-electron chi connectivity index (χ1n) is 7.61. The number of nitrogens with one attached hydrogen (secondary N) is 1. The van der Waals surface area contributed by atoms with Gasteiger partial charge in [0.05, 0.1) is 28.7 Å². The third-order valence-corrected chi connectivity index (χ3v) is 4.42. The van der Waals surface area contributed by atoms with Crippen molar-refractivity contribution in [2.24, 2.45) is 0 Å². The average Bonchev–Trinajstić information content (AvgIpc) is 3.21. The Labute approximate surface area is 138 Å². The quantitative estimate of drug-likeness (QED) is 0.521. The lowest BCUT2D eigenvalue weighted by molar-refractivity contribution is 0.386. The highest BCUT2D eigenvalue weighted by Crippen LogP contribution is 2.43. The third-order valence-electron chi connectivity index (χ3n) is 4.42. The maximum absolute atomic E-state index is 10.5. The minimum Gasteiger partial charge on any atom is -0.503 e. The molecule has 0 fully saturated rings. The van der Waals surface area contributed by atoms with Crippen molar-refractivity contribution >= 4 is 11.0 Å². The number of rotatable bonds is 2. The number of furan rings is 1. The molecule has 3 N–H and O–H groups in total. The molecule has 24 heavy (non-hydrogen) atoms. The molecule has 4 rings (SSSR count). The Morgan fingerprint density at radius 1 is 1.12 bits per heavy atom. The lowest BCUT2D eigenvalue weighted by atomic mass is 10.2. The van der Waals surface area contributed by atoms with E-state index in [-0.39, 0.29) is 11.6 Å². The largest absolute Gasteiger partial charge is 0.503 e. The number of aromatic hydroxyl groups is 2. The summed E-state index contributed by atoms with van der Waals surface area (Å²) >= 11 is 0. The van der Waals surface area contributed by atoms with Gasteiger partial charge in [0.25, 0.3) is 0 Å². The fourth-order valence-corrected chi connectivity index (χ4v) is 2.96. The second-order valence-corrected chi connectivity index (χ2v) is 5.94. The topological polar surface area (TPSA) is 87.2 Å². The van der Waals surface area contributed by atoms with Crippen molar-refractivity contribution in [1.29, 1.82) is 0 Å². The number of fused-ring (bicyclic) bond motifs is 1. The van der Waals surface area contributed by atoms with Gasteiger partial charge in [-0.05, 0) is 50.6 Å². The van der Waals surface area contributed by atoms with Crippen molar-refractivity contribution in [3.8, 4) is 28.8 Å². The molecule has 6 heteroatoms. The van der Waals surface area contributed by atoms with E-state index < -0.39 is 0 Å². The van der Waals surface area contributed by atoms with Gasteiger partial charge in [-0.2, -0.15) is 0 Å². The summed E-state index contributed by atoms with van der Waals surface area (Å²) in [5.74, 6) is 1.04. The van der Waals surface area contributed by atoms with E-state index in [1.165, 1.54) is 0 Å². The molecule has 0 atom stereocenters. The lowest BCUT2D eigenvalue weighted by Gasteiger charge is -2.09. The van der Waals surface area contributed by atoms with E-state index in [2.05, 4.69) is 9.97 Å². The molecule has 0 radical (unpaired) electrons.